The van der Waals surface area contributed by atoms with Gasteiger partial charge in [-0.25, -0.2) is 22.8 Å². The van der Waals surface area contributed by atoms with E-state index in [9.17, 15) is 26.4 Å². The van der Waals surface area contributed by atoms with Crippen LogP contribution in [0.3, 0.4) is 0 Å². The molecule has 0 aliphatic carbocycles. The second-order valence-corrected chi connectivity index (χ2v) is 18.4. The SMILES string of the molecule is Cc1nn(C)cc1S(=O)(=O)NC(=O)c1ccc(-n2ccc(OCC(C)(C)C(F)(F)F)n2)nc1N1CC(CO[S+](C)C(C)(C)C)CC1(C)C. The molecule has 0 bridgehead atoms. The van der Waals surface area contributed by atoms with Crippen molar-refractivity contribution in [1.82, 2.24) is 29.3 Å². The van der Waals surface area contributed by atoms with Crippen LogP contribution in [0.5, 0.6) is 5.88 Å². The third kappa shape index (κ3) is 8.28. The molecule has 1 fully saturated rings. The van der Waals surface area contributed by atoms with Crippen LogP contribution in [-0.4, -0.2) is 81.3 Å². The first-order chi connectivity index (χ1) is 21.9. The van der Waals surface area contributed by atoms with Crippen LogP contribution in [0.25, 0.3) is 5.82 Å². The number of carbonyl (C=O) groups excluding carboxylic acids is 1. The van der Waals surface area contributed by atoms with Crippen LogP contribution in [0.15, 0.2) is 35.5 Å². The highest BCUT2D eigenvalue weighted by Gasteiger charge is 2.48. The van der Waals surface area contributed by atoms with Gasteiger partial charge in [-0.05, 0) is 73.9 Å². The highest BCUT2D eigenvalue weighted by molar-refractivity contribution is 7.93. The van der Waals surface area contributed by atoms with E-state index in [1.165, 1.54) is 46.9 Å². The second kappa shape index (κ2) is 13.2. The Hall–Kier alpha value is -3.31. The predicted octanol–water partition coefficient (Wildman–Crippen LogP) is 4.98. The molecule has 1 amide bonds. The Kier molecular flexibility index (Phi) is 10.3. The second-order valence-electron chi connectivity index (χ2n) is 14.3. The van der Waals surface area contributed by atoms with Gasteiger partial charge in [0.25, 0.3) is 15.9 Å². The number of hydrogen-bond acceptors (Lipinski definition) is 9. The van der Waals surface area contributed by atoms with Crippen molar-refractivity contribution >= 4 is 32.9 Å². The molecule has 48 heavy (non-hydrogen) atoms. The monoisotopic (exact) mass is 716 g/mol. The molecule has 12 nitrogen and oxygen atoms in total. The topological polar surface area (TPSA) is 133 Å². The summed E-state index contributed by atoms with van der Waals surface area (Å²) in [4.78, 5) is 20.3. The van der Waals surface area contributed by atoms with Crippen molar-refractivity contribution < 1.29 is 35.3 Å². The Morgan fingerprint density at radius 3 is 2.38 bits per heavy atom. The van der Waals surface area contributed by atoms with Crippen LogP contribution in [0.1, 0.15) is 70.9 Å². The van der Waals surface area contributed by atoms with Gasteiger partial charge in [-0.2, -0.15) is 22.5 Å². The third-order valence-electron chi connectivity index (χ3n) is 8.30. The number of aryl methyl sites for hydroxylation is 2. The lowest BCUT2D eigenvalue weighted by Gasteiger charge is -2.33. The van der Waals surface area contributed by atoms with Crippen LogP contribution < -0.4 is 14.4 Å². The van der Waals surface area contributed by atoms with Gasteiger partial charge in [-0.3, -0.25) is 9.48 Å². The molecule has 1 saturated heterocycles. The van der Waals surface area contributed by atoms with E-state index < -0.39 is 39.7 Å². The quantitative estimate of drug-likeness (QED) is 0.273. The van der Waals surface area contributed by atoms with Crippen LogP contribution in [0.2, 0.25) is 0 Å². The Morgan fingerprint density at radius 2 is 1.79 bits per heavy atom. The van der Waals surface area contributed by atoms with Crippen molar-refractivity contribution in [3.63, 3.8) is 0 Å². The van der Waals surface area contributed by atoms with Crippen LogP contribution in [0.4, 0.5) is 19.0 Å². The maximum absolute atomic E-state index is 13.7. The number of ether oxygens (including phenoxy) is 1. The molecule has 17 heteroatoms. The van der Waals surface area contributed by atoms with Gasteiger partial charge in [0.1, 0.15) is 41.4 Å². The van der Waals surface area contributed by atoms with E-state index >= 15 is 0 Å². The Bertz CT molecular complexity index is 1750. The first kappa shape index (κ1) is 37.5. The number of amides is 1. The zero-order valence-corrected chi connectivity index (χ0v) is 30.6. The molecule has 0 spiro atoms. The average Bonchev–Trinajstić information content (AvgIpc) is 3.65. The molecule has 0 saturated carbocycles. The van der Waals surface area contributed by atoms with Gasteiger partial charge in [-0.1, -0.05) is 0 Å². The molecule has 1 aliphatic rings. The molecule has 4 rings (SSSR count). The Labute approximate surface area is 283 Å². The first-order valence-electron chi connectivity index (χ1n) is 15.3. The Balaban J connectivity index is 1.68. The molecule has 2 unspecified atom stereocenters. The van der Waals surface area contributed by atoms with Crippen LogP contribution in [-0.2, 0) is 32.4 Å². The molecule has 1 aliphatic heterocycles. The molecule has 4 heterocycles. The van der Waals surface area contributed by atoms with E-state index in [0.717, 1.165) is 13.8 Å². The molecule has 3 aromatic rings. The summed E-state index contributed by atoms with van der Waals surface area (Å²) in [6.07, 6.45) is 1.10. The minimum atomic E-state index is -4.47. The fourth-order valence-electron chi connectivity index (χ4n) is 5.12. The average molecular weight is 717 g/mol. The zero-order chi connectivity index (χ0) is 36.0. The summed E-state index contributed by atoms with van der Waals surface area (Å²) in [6.45, 7) is 14.3. The fraction of sp³-hybridized carbons (Fsp3) is 0.613. The molecule has 266 valence electrons. The highest BCUT2D eigenvalue weighted by Crippen LogP contribution is 2.39. The van der Waals surface area contributed by atoms with E-state index in [-0.39, 0.29) is 55.5 Å². The summed E-state index contributed by atoms with van der Waals surface area (Å²) in [5.41, 5.74) is -2.36. The Morgan fingerprint density at radius 1 is 1.12 bits per heavy atom. The number of rotatable bonds is 11. The van der Waals surface area contributed by atoms with Crippen molar-refractivity contribution in [3.05, 3.63) is 41.9 Å². The highest BCUT2D eigenvalue weighted by atomic mass is 32.2. The van der Waals surface area contributed by atoms with Crippen LogP contribution in [0, 0.1) is 18.3 Å². The number of nitrogens with one attached hydrogen (secondary N) is 1. The molecule has 2 atom stereocenters. The lowest BCUT2D eigenvalue weighted by Crippen LogP contribution is -2.41. The number of nitrogens with zero attached hydrogens (tertiary/aromatic N) is 6. The minimum absolute atomic E-state index is 0.0130. The number of anilines is 1. The van der Waals surface area contributed by atoms with Crippen molar-refractivity contribution in [3.8, 4) is 11.7 Å². The van der Waals surface area contributed by atoms with Gasteiger partial charge in [0.15, 0.2) is 10.6 Å². The summed E-state index contributed by atoms with van der Waals surface area (Å²) in [6, 6.07) is 4.35. The van der Waals surface area contributed by atoms with Crippen molar-refractivity contribution in [2.45, 2.75) is 83.2 Å². The fourth-order valence-corrected chi connectivity index (χ4v) is 7.05. The normalized spacial score (nSPS) is 17.9. The smallest absolute Gasteiger partial charge is 0.397 e. The molecular weight excluding hydrogens is 672 g/mol. The van der Waals surface area contributed by atoms with Gasteiger partial charge in [-0.15, -0.1) is 5.10 Å². The summed E-state index contributed by atoms with van der Waals surface area (Å²) >= 11 is -0.302. The number of hydrogen-bond donors (Lipinski definition) is 1. The minimum Gasteiger partial charge on any atom is -0.476 e. The number of pyridine rings is 1. The van der Waals surface area contributed by atoms with Gasteiger partial charge >= 0.3 is 6.18 Å². The van der Waals surface area contributed by atoms with E-state index in [0.29, 0.717) is 19.6 Å². The number of sulfonamides is 1. The lowest BCUT2D eigenvalue weighted by molar-refractivity contribution is -0.219. The van der Waals surface area contributed by atoms with Crippen molar-refractivity contribution in [1.29, 1.82) is 0 Å². The van der Waals surface area contributed by atoms with E-state index in [4.69, 9.17) is 13.9 Å². The van der Waals surface area contributed by atoms with Crippen molar-refractivity contribution in [2.75, 3.05) is 30.9 Å². The van der Waals surface area contributed by atoms with Gasteiger partial charge < -0.3 is 9.64 Å². The molecule has 0 aromatic carbocycles. The van der Waals surface area contributed by atoms with Crippen LogP contribution >= 0.6 is 0 Å². The number of halogens is 3. The maximum Gasteiger partial charge on any atom is 0.397 e. The summed E-state index contributed by atoms with van der Waals surface area (Å²) in [5.74, 6) is -0.372. The predicted molar refractivity (Wildman–Crippen MR) is 178 cm³/mol. The number of alkyl halides is 3. The number of aromatic nitrogens is 5. The maximum atomic E-state index is 13.7. The summed E-state index contributed by atoms with van der Waals surface area (Å²) < 4.78 is 83.0. The summed E-state index contributed by atoms with van der Waals surface area (Å²) in [7, 11) is -2.70. The molecular formula is C31H45F3N7O5S2+. The number of carbonyl (C=O) groups is 1. The zero-order valence-electron chi connectivity index (χ0n) is 29.0. The van der Waals surface area contributed by atoms with Crippen molar-refractivity contribution in [2.24, 2.45) is 18.4 Å². The van der Waals surface area contributed by atoms with Gasteiger partial charge in [0.05, 0.1) is 16.7 Å². The van der Waals surface area contributed by atoms with Gasteiger partial charge in [0.2, 0.25) is 5.88 Å². The third-order valence-corrected chi connectivity index (χ3v) is 11.9. The van der Waals surface area contributed by atoms with E-state index in [1.54, 1.807) is 7.05 Å². The lowest BCUT2D eigenvalue weighted by atomic mass is 9.94. The molecule has 1 N–H and O–H groups in total. The first-order valence-corrected chi connectivity index (χ1v) is 18.4. The molecule has 3 aromatic heterocycles. The molecule has 0 radical (unpaired) electrons. The van der Waals surface area contributed by atoms with E-state index in [1.807, 2.05) is 18.7 Å². The standard InChI is InChI=1S/C31H44F3N7O5S2/c1-20-23(17-39(9)36-20)48(43,44)38-27(42)22-11-12-24(41-14-13-25(37-41)45-19-29(5,6)31(32,33)34)35-26(22)40-16-21(15-30(40,7)8)18-46-47(10)28(2,3)4/h11-14,17,21H,15-16,18-19H2,1-10H3/p+1. The van der Waals surface area contributed by atoms with E-state index in [2.05, 4.69) is 41.9 Å². The largest absolute Gasteiger partial charge is 0.476 e. The van der Waals surface area contributed by atoms with Gasteiger partial charge in [0, 0.05) is 43.5 Å². The summed E-state index contributed by atoms with van der Waals surface area (Å²) in [5, 5.41) is 8.34.